The van der Waals surface area contributed by atoms with E-state index in [9.17, 15) is 43.2 Å². The minimum absolute atomic E-state index is 0.104. The number of hydrogen-bond acceptors (Lipinski definition) is 15. The first kappa shape index (κ1) is 88.1. The van der Waals surface area contributed by atoms with E-state index in [0.717, 1.165) is 108 Å². The van der Waals surface area contributed by atoms with Gasteiger partial charge in [-0.1, -0.05) is 305 Å². The second-order valence-corrected chi connectivity index (χ2v) is 30.0. The van der Waals surface area contributed by atoms with Gasteiger partial charge in [0, 0.05) is 25.7 Å². The van der Waals surface area contributed by atoms with Crippen molar-refractivity contribution in [3.05, 3.63) is 0 Å². The number of hydrogen-bond donors (Lipinski definition) is 3. The highest BCUT2D eigenvalue weighted by Gasteiger charge is 2.30. The van der Waals surface area contributed by atoms with Gasteiger partial charge in [0.05, 0.1) is 26.4 Å². The molecule has 0 heterocycles. The summed E-state index contributed by atoms with van der Waals surface area (Å²) < 4.78 is 68.3. The first-order chi connectivity index (χ1) is 43.2. The number of ether oxygens (including phenoxy) is 4. The summed E-state index contributed by atoms with van der Waals surface area (Å²) in [5.74, 6) is 0.0738. The average Bonchev–Trinajstić information content (AvgIpc) is 2.96. The lowest BCUT2D eigenvalue weighted by atomic mass is 10.0. The summed E-state index contributed by atoms with van der Waals surface area (Å²) in [6.45, 7) is 11.8. The fraction of sp³-hybridized carbons (Fsp3) is 0.944. The molecular formula is C71H138O17P2. The summed E-state index contributed by atoms with van der Waals surface area (Å²) in [5.41, 5.74) is 0. The number of phosphoric ester groups is 2. The van der Waals surface area contributed by atoms with Crippen LogP contribution in [0.1, 0.15) is 357 Å². The summed E-state index contributed by atoms with van der Waals surface area (Å²) in [7, 11) is -9.90. The van der Waals surface area contributed by atoms with Crippen LogP contribution in [0.4, 0.5) is 0 Å². The maximum Gasteiger partial charge on any atom is 0.472 e. The molecule has 0 spiro atoms. The zero-order valence-electron chi connectivity index (χ0n) is 58.6. The molecule has 90 heavy (non-hydrogen) atoms. The first-order valence-electron chi connectivity index (χ1n) is 36.8. The molecule has 0 radical (unpaired) electrons. The van der Waals surface area contributed by atoms with Crippen molar-refractivity contribution in [1.29, 1.82) is 0 Å². The number of carbonyl (C=O) groups excluding carboxylic acids is 4. The Hall–Kier alpha value is -1.94. The predicted molar refractivity (Wildman–Crippen MR) is 363 cm³/mol. The van der Waals surface area contributed by atoms with Crippen molar-refractivity contribution in [3.8, 4) is 0 Å². The lowest BCUT2D eigenvalue weighted by Crippen LogP contribution is -2.30. The molecule has 0 aromatic heterocycles. The molecule has 0 bridgehead atoms. The summed E-state index contributed by atoms with van der Waals surface area (Å²) in [6.07, 6.45) is 45.9. The van der Waals surface area contributed by atoms with E-state index in [4.69, 9.17) is 37.0 Å². The zero-order chi connectivity index (χ0) is 66.6. The van der Waals surface area contributed by atoms with E-state index in [-0.39, 0.29) is 25.7 Å². The Balaban J connectivity index is 5.25. The van der Waals surface area contributed by atoms with Gasteiger partial charge in [-0.2, -0.15) is 0 Å². The van der Waals surface area contributed by atoms with Crippen molar-refractivity contribution in [2.24, 2.45) is 17.8 Å². The topological polar surface area (TPSA) is 237 Å². The number of aliphatic hydroxyl groups excluding tert-OH is 1. The van der Waals surface area contributed by atoms with E-state index in [0.29, 0.717) is 31.6 Å². The van der Waals surface area contributed by atoms with E-state index in [2.05, 4.69) is 48.5 Å². The summed E-state index contributed by atoms with van der Waals surface area (Å²) in [6, 6.07) is 0. The Morgan fingerprint density at radius 1 is 0.300 bits per heavy atom. The molecule has 3 N–H and O–H groups in total. The van der Waals surface area contributed by atoms with Gasteiger partial charge in [0.1, 0.15) is 19.3 Å². The Morgan fingerprint density at radius 2 is 0.511 bits per heavy atom. The molecule has 0 aliphatic rings. The molecule has 0 aliphatic heterocycles. The summed E-state index contributed by atoms with van der Waals surface area (Å²) >= 11 is 0. The van der Waals surface area contributed by atoms with Crippen LogP contribution in [-0.4, -0.2) is 96.7 Å². The second-order valence-electron chi connectivity index (χ2n) is 27.1. The molecule has 0 rings (SSSR count). The van der Waals surface area contributed by atoms with Crippen LogP contribution in [0.2, 0.25) is 0 Å². The van der Waals surface area contributed by atoms with E-state index in [1.54, 1.807) is 0 Å². The predicted octanol–water partition coefficient (Wildman–Crippen LogP) is 20.2. The first-order valence-corrected chi connectivity index (χ1v) is 39.8. The van der Waals surface area contributed by atoms with Crippen molar-refractivity contribution in [3.63, 3.8) is 0 Å². The molecule has 5 atom stereocenters. The van der Waals surface area contributed by atoms with Crippen LogP contribution >= 0.6 is 15.6 Å². The van der Waals surface area contributed by atoms with Gasteiger partial charge in [-0.3, -0.25) is 37.3 Å². The van der Waals surface area contributed by atoms with Crippen molar-refractivity contribution >= 4 is 39.5 Å². The smallest absolute Gasteiger partial charge is 0.462 e. The van der Waals surface area contributed by atoms with Crippen molar-refractivity contribution in [2.45, 2.75) is 375 Å². The molecule has 2 unspecified atom stereocenters. The molecule has 0 saturated heterocycles. The van der Waals surface area contributed by atoms with E-state index < -0.39 is 97.5 Å². The maximum absolute atomic E-state index is 13.0. The highest BCUT2D eigenvalue weighted by Crippen LogP contribution is 2.45. The van der Waals surface area contributed by atoms with Gasteiger partial charge in [-0.15, -0.1) is 0 Å². The molecule has 0 aromatic carbocycles. The Labute approximate surface area is 549 Å². The molecule has 0 saturated carbocycles. The third-order valence-corrected chi connectivity index (χ3v) is 18.3. The zero-order valence-corrected chi connectivity index (χ0v) is 60.4. The molecule has 19 heteroatoms. The average molecular weight is 1330 g/mol. The van der Waals surface area contributed by atoms with E-state index >= 15 is 0 Å². The highest BCUT2D eigenvalue weighted by atomic mass is 31.2. The molecule has 0 fully saturated rings. The van der Waals surface area contributed by atoms with Crippen molar-refractivity contribution in [1.82, 2.24) is 0 Å². The Morgan fingerprint density at radius 3 is 0.756 bits per heavy atom. The lowest BCUT2D eigenvalue weighted by Gasteiger charge is -2.21. The van der Waals surface area contributed by atoms with E-state index in [1.165, 1.54) is 161 Å². The van der Waals surface area contributed by atoms with Crippen LogP contribution in [-0.2, 0) is 65.4 Å². The molecule has 534 valence electrons. The van der Waals surface area contributed by atoms with Crippen LogP contribution in [0.3, 0.4) is 0 Å². The third-order valence-electron chi connectivity index (χ3n) is 16.4. The molecule has 17 nitrogen and oxygen atoms in total. The van der Waals surface area contributed by atoms with Gasteiger partial charge < -0.3 is 33.8 Å². The number of esters is 4. The van der Waals surface area contributed by atoms with Gasteiger partial charge in [0.2, 0.25) is 0 Å². The highest BCUT2D eigenvalue weighted by molar-refractivity contribution is 7.47. The molecule has 0 aliphatic carbocycles. The number of phosphoric acid groups is 2. The van der Waals surface area contributed by atoms with Crippen molar-refractivity contribution < 1.29 is 80.2 Å². The monoisotopic (exact) mass is 1320 g/mol. The third kappa shape index (κ3) is 64.8. The van der Waals surface area contributed by atoms with E-state index in [1.807, 2.05) is 0 Å². The minimum atomic E-state index is -4.95. The van der Waals surface area contributed by atoms with Gasteiger partial charge >= 0.3 is 39.5 Å². The quantitative estimate of drug-likeness (QED) is 0.0222. The Bertz CT molecular complexity index is 1770. The normalized spacial score (nSPS) is 14.2. The van der Waals surface area contributed by atoms with Crippen LogP contribution in [0.5, 0.6) is 0 Å². The fourth-order valence-electron chi connectivity index (χ4n) is 10.7. The van der Waals surface area contributed by atoms with Gasteiger partial charge in [0.25, 0.3) is 0 Å². The SMILES string of the molecule is CCCCCCCCCCCCCCCCC(=O)OC[C@H](COP(=O)(O)OC[C@@H](O)COP(=O)(O)OC[C@@H](COC(=O)CCCCCCCCCC(C)C)OC(=O)CCCCCCCCCCC(C)C)OC(=O)CCCCCCCCCCCCCCC(C)C. The fourth-order valence-corrected chi connectivity index (χ4v) is 12.3. The molecular weight excluding hydrogens is 1190 g/mol. The Kier molecular flexibility index (Phi) is 60.6. The van der Waals surface area contributed by atoms with Gasteiger partial charge in [-0.05, 0) is 43.4 Å². The largest absolute Gasteiger partial charge is 0.472 e. The standard InChI is InChI=1S/C71H138O17P2/c1-8-9-10-11-12-13-14-15-16-20-23-31-38-45-52-68(73)81-58-66(87-70(75)54-47-40-32-24-21-18-17-19-22-28-35-42-49-62(2)3)60-85-89(77,78)83-56-65(72)57-84-90(79,80)86-61-67(59-82-69(74)53-46-39-34-27-30-37-44-51-64(6)7)88-71(76)55-48-41-33-26-25-29-36-43-50-63(4)5/h62-67,72H,8-61H2,1-7H3,(H,77,78)(H,79,80)/t65-,66-,67-/m1/s1. The minimum Gasteiger partial charge on any atom is -0.462 e. The molecule has 0 aromatic rings. The number of carbonyl (C=O) groups is 4. The second kappa shape index (κ2) is 61.9. The number of rotatable bonds is 69. The van der Waals surface area contributed by atoms with Crippen molar-refractivity contribution in [2.75, 3.05) is 39.6 Å². The number of unbranched alkanes of at least 4 members (excludes halogenated alkanes) is 37. The summed E-state index contributed by atoms with van der Waals surface area (Å²) in [4.78, 5) is 72.6. The summed E-state index contributed by atoms with van der Waals surface area (Å²) in [5, 5.41) is 10.6. The van der Waals surface area contributed by atoms with Crippen LogP contribution in [0, 0.1) is 17.8 Å². The van der Waals surface area contributed by atoms with Gasteiger partial charge in [0.15, 0.2) is 12.2 Å². The van der Waals surface area contributed by atoms with Crippen LogP contribution in [0.15, 0.2) is 0 Å². The van der Waals surface area contributed by atoms with Crippen LogP contribution in [0.25, 0.3) is 0 Å². The van der Waals surface area contributed by atoms with Gasteiger partial charge in [-0.25, -0.2) is 9.13 Å². The maximum atomic E-state index is 13.0. The lowest BCUT2D eigenvalue weighted by molar-refractivity contribution is -0.161. The molecule has 0 amide bonds. The van der Waals surface area contributed by atoms with Crippen LogP contribution < -0.4 is 0 Å². The number of aliphatic hydroxyl groups is 1.